The van der Waals surface area contributed by atoms with Crippen molar-refractivity contribution in [1.29, 1.82) is 0 Å². The molecule has 1 aromatic carbocycles. The lowest BCUT2D eigenvalue weighted by Gasteiger charge is -2.16. The van der Waals surface area contributed by atoms with Crippen LogP contribution in [0, 0.1) is 5.92 Å². The Hall–Kier alpha value is -0.980. The zero-order chi connectivity index (χ0) is 10.8. The average Bonchev–Trinajstić information content (AvgIpc) is 3.01. The third kappa shape index (κ3) is 2.17. The van der Waals surface area contributed by atoms with Crippen molar-refractivity contribution in [2.45, 2.75) is 39.5 Å². The van der Waals surface area contributed by atoms with Crippen molar-refractivity contribution in [2.24, 2.45) is 0 Å². The molecule has 1 nitrogen and oxygen atoms in total. The highest BCUT2D eigenvalue weighted by molar-refractivity contribution is 5.50. The van der Waals surface area contributed by atoms with Crippen LogP contribution in [-0.2, 0) is 0 Å². The first kappa shape index (κ1) is 10.5. The largest absolute Gasteiger partial charge is 0.493 e. The second-order valence-electron chi connectivity index (χ2n) is 4.43. The molecule has 1 radical (unpaired) electrons. The third-order valence-electron chi connectivity index (χ3n) is 2.89. The maximum atomic E-state index is 5.81. The second kappa shape index (κ2) is 4.26. The van der Waals surface area contributed by atoms with E-state index in [1.54, 1.807) is 0 Å². The smallest absolute Gasteiger partial charge is 0.126 e. The Labute approximate surface area is 92.5 Å². The molecule has 0 aromatic heterocycles. The first-order chi connectivity index (χ1) is 7.24. The topological polar surface area (TPSA) is 9.23 Å². The monoisotopic (exact) mass is 203 g/mol. The van der Waals surface area contributed by atoms with Gasteiger partial charge in [0, 0.05) is 11.5 Å². The zero-order valence-electron chi connectivity index (χ0n) is 9.84. The molecule has 0 unspecified atom stereocenters. The standard InChI is InChI=1S/C14H19O/c1-4-15-14-12(10(2)3)6-5-7-13(14)11-8-9-11/h5-7,11H,4,8-9H2,1-3H3. The fourth-order valence-electron chi connectivity index (χ4n) is 1.97. The maximum absolute atomic E-state index is 5.81. The summed E-state index contributed by atoms with van der Waals surface area (Å²) < 4.78 is 5.81. The van der Waals surface area contributed by atoms with Gasteiger partial charge in [0.25, 0.3) is 0 Å². The van der Waals surface area contributed by atoms with Gasteiger partial charge in [-0.1, -0.05) is 32.0 Å². The van der Waals surface area contributed by atoms with Crippen LogP contribution in [0.4, 0.5) is 0 Å². The molecule has 0 aliphatic heterocycles. The molecule has 1 saturated carbocycles. The van der Waals surface area contributed by atoms with Gasteiger partial charge in [0.2, 0.25) is 0 Å². The van der Waals surface area contributed by atoms with Gasteiger partial charge >= 0.3 is 0 Å². The van der Waals surface area contributed by atoms with E-state index in [1.807, 2.05) is 0 Å². The summed E-state index contributed by atoms with van der Waals surface area (Å²) in [6, 6.07) is 6.53. The molecule has 1 heteroatoms. The Bertz CT molecular complexity index is 317. The van der Waals surface area contributed by atoms with Gasteiger partial charge < -0.3 is 4.74 Å². The molecule has 0 saturated heterocycles. The Morgan fingerprint density at radius 1 is 1.33 bits per heavy atom. The molecule has 0 heterocycles. The number of hydrogen-bond acceptors (Lipinski definition) is 1. The SMILES string of the molecule is CCOc1c([C](C)C)cccc1C1CC1. The summed E-state index contributed by atoms with van der Waals surface area (Å²) in [7, 11) is 0. The molecule has 2 rings (SSSR count). The third-order valence-corrected chi connectivity index (χ3v) is 2.89. The minimum atomic E-state index is 0.754. The predicted molar refractivity (Wildman–Crippen MR) is 63.3 cm³/mol. The van der Waals surface area contributed by atoms with Crippen LogP contribution in [0.2, 0.25) is 0 Å². The predicted octanol–water partition coefficient (Wildman–Crippen LogP) is 3.93. The fourth-order valence-corrected chi connectivity index (χ4v) is 1.97. The summed E-state index contributed by atoms with van der Waals surface area (Å²) in [5.74, 6) is 3.22. The molecule has 81 valence electrons. The summed E-state index contributed by atoms with van der Waals surface area (Å²) >= 11 is 0. The van der Waals surface area contributed by atoms with Crippen molar-refractivity contribution in [1.82, 2.24) is 0 Å². The van der Waals surface area contributed by atoms with Gasteiger partial charge in [-0.2, -0.15) is 0 Å². The first-order valence-electron chi connectivity index (χ1n) is 5.80. The quantitative estimate of drug-likeness (QED) is 0.720. The van der Waals surface area contributed by atoms with Crippen LogP contribution >= 0.6 is 0 Å². The summed E-state index contributed by atoms with van der Waals surface area (Å²) in [4.78, 5) is 0. The molecule has 1 aliphatic rings. The molecular weight excluding hydrogens is 184 g/mol. The molecule has 15 heavy (non-hydrogen) atoms. The van der Waals surface area contributed by atoms with Crippen molar-refractivity contribution < 1.29 is 4.74 Å². The zero-order valence-corrected chi connectivity index (χ0v) is 9.84. The molecule has 0 N–H and O–H groups in total. The van der Waals surface area contributed by atoms with Crippen LogP contribution in [-0.4, -0.2) is 6.61 Å². The minimum absolute atomic E-state index is 0.754. The van der Waals surface area contributed by atoms with E-state index in [0.717, 1.165) is 18.3 Å². The average molecular weight is 203 g/mol. The highest BCUT2D eigenvalue weighted by atomic mass is 16.5. The fraction of sp³-hybridized carbons (Fsp3) is 0.500. The van der Waals surface area contributed by atoms with Gasteiger partial charge in [-0.05, 0) is 31.2 Å². The molecular formula is C14H19O. The van der Waals surface area contributed by atoms with Crippen LogP contribution in [0.3, 0.4) is 0 Å². The van der Waals surface area contributed by atoms with Gasteiger partial charge in [0.15, 0.2) is 0 Å². The van der Waals surface area contributed by atoms with Gasteiger partial charge in [0.05, 0.1) is 6.61 Å². The lowest BCUT2D eigenvalue weighted by atomic mass is 9.97. The normalized spacial score (nSPS) is 15.7. The Morgan fingerprint density at radius 3 is 2.60 bits per heavy atom. The Kier molecular flexibility index (Phi) is 2.99. The van der Waals surface area contributed by atoms with E-state index in [1.165, 1.54) is 29.9 Å². The van der Waals surface area contributed by atoms with Crippen LogP contribution in [0.25, 0.3) is 0 Å². The number of para-hydroxylation sites is 1. The van der Waals surface area contributed by atoms with Crippen molar-refractivity contribution in [3.63, 3.8) is 0 Å². The van der Waals surface area contributed by atoms with E-state index in [2.05, 4.69) is 39.0 Å². The molecule has 0 bridgehead atoms. The highest BCUT2D eigenvalue weighted by Crippen LogP contribution is 2.46. The van der Waals surface area contributed by atoms with E-state index in [-0.39, 0.29) is 0 Å². The molecule has 1 fully saturated rings. The molecule has 1 aliphatic carbocycles. The summed E-state index contributed by atoms with van der Waals surface area (Å²) in [5.41, 5.74) is 2.69. The van der Waals surface area contributed by atoms with Gasteiger partial charge in [-0.25, -0.2) is 0 Å². The maximum Gasteiger partial charge on any atom is 0.126 e. The summed E-state index contributed by atoms with van der Waals surface area (Å²) in [5, 5.41) is 0. The Balaban J connectivity index is 2.40. The summed E-state index contributed by atoms with van der Waals surface area (Å²) in [6.45, 7) is 7.10. The number of benzene rings is 1. The van der Waals surface area contributed by atoms with E-state index in [9.17, 15) is 0 Å². The van der Waals surface area contributed by atoms with Crippen LogP contribution in [0.15, 0.2) is 18.2 Å². The van der Waals surface area contributed by atoms with E-state index in [0.29, 0.717) is 0 Å². The van der Waals surface area contributed by atoms with E-state index in [4.69, 9.17) is 4.74 Å². The molecule has 0 spiro atoms. The van der Waals surface area contributed by atoms with Crippen LogP contribution in [0.5, 0.6) is 5.75 Å². The van der Waals surface area contributed by atoms with E-state index >= 15 is 0 Å². The lowest BCUT2D eigenvalue weighted by molar-refractivity contribution is 0.334. The second-order valence-corrected chi connectivity index (χ2v) is 4.43. The molecule has 0 amide bonds. The van der Waals surface area contributed by atoms with Crippen molar-refractivity contribution >= 4 is 0 Å². The van der Waals surface area contributed by atoms with Crippen molar-refractivity contribution in [2.75, 3.05) is 6.61 Å². The van der Waals surface area contributed by atoms with Gasteiger partial charge in [-0.15, -0.1) is 0 Å². The van der Waals surface area contributed by atoms with Crippen molar-refractivity contribution in [3.8, 4) is 5.75 Å². The molecule has 1 aromatic rings. The van der Waals surface area contributed by atoms with Crippen molar-refractivity contribution in [3.05, 3.63) is 35.2 Å². The summed E-state index contributed by atoms with van der Waals surface area (Å²) in [6.07, 6.45) is 2.65. The number of ether oxygens (including phenoxy) is 1. The molecule has 0 atom stereocenters. The first-order valence-corrected chi connectivity index (χ1v) is 5.80. The van der Waals surface area contributed by atoms with Gasteiger partial charge in [0.1, 0.15) is 5.75 Å². The number of hydrogen-bond donors (Lipinski definition) is 0. The Morgan fingerprint density at radius 2 is 2.07 bits per heavy atom. The van der Waals surface area contributed by atoms with E-state index < -0.39 is 0 Å². The van der Waals surface area contributed by atoms with Crippen LogP contribution in [0.1, 0.15) is 50.7 Å². The van der Waals surface area contributed by atoms with Gasteiger partial charge in [-0.3, -0.25) is 0 Å². The minimum Gasteiger partial charge on any atom is -0.493 e. The number of rotatable bonds is 4. The highest BCUT2D eigenvalue weighted by Gasteiger charge is 2.28. The lowest BCUT2D eigenvalue weighted by Crippen LogP contribution is -2.02. The van der Waals surface area contributed by atoms with Crippen LogP contribution < -0.4 is 4.74 Å².